The average molecular weight is 242 g/mol. The summed E-state index contributed by atoms with van der Waals surface area (Å²) in [5.74, 6) is 0.466. The quantitative estimate of drug-likeness (QED) is 0.495. The molecule has 6 nitrogen and oxygen atoms in total. The van der Waals surface area contributed by atoms with Crippen molar-refractivity contribution in [2.45, 2.75) is 32.2 Å². The molecule has 0 aromatic carbocycles. The standard InChI is InChI=1S/C9H14N4O2S/c14-13(15)8-10-7-12(11-8)5-9(6-16)3-1-2-4-9/h7,16H,1-6H2. The zero-order chi connectivity index (χ0) is 11.6. The van der Waals surface area contributed by atoms with Gasteiger partial charge in [0.05, 0.1) is 6.54 Å². The largest absolute Gasteiger partial charge is 0.490 e. The number of nitrogens with zero attached hydrogens (tertiary/aromatic N) is 4. The Morgan fingerprint density at radius 1 is 1.56 bits per heavy atom. The van der Waals surface area contributed by atoms with Gasteiger partial charge in [0.25, 0.3) is 0 Å². The maximum absolute atomic E-state index is 10.5. The van der Waals surface area contributed by atoms with Gasteiger partial charge in [0.1, 0.15) is 0 Å². The van der Waals surface area contributed by atoms with Crippen LogP contribution in [-0.4, -0.2) is 25.4 Å². The van der Waals surface area contributed by atoms with Crippen molar-refractivity contribution in [3.63, 3.8) is 0 Å². The van der Waals surface area contributed by atoms with Crippen molar-refractivity contribution < 1.29 is 4.92 Å². The highest BCUT2D eigenvalue weighted by molar-refractivity contribution is 7.80. The highest BCUT2D eigenvalue weighted by Gasteiger charge is 2.34. The van der Waals surface area contributed by atoms with Gasteiger partial charge in [-0.15, -0.1) is 0 Å². The van der Waals surface area contributed by atoms with Gasteiger partial charge >= 0.3 is 5.95 Å². The predicted molar refractivity (Wildman–Crippen MR) is 61.4 cm³/mol. The third-order valence-corrected chi connectivity index (χ3v) is 3.86. The van der Waals surface area contributed by atoms with E-state index in [4.69, 9.17) is 0 Å². The zero-order valence-electron chi connectivity index (χ0n) is 8.87. The van der Waals surface area contributed by atoms with Gasteiger partial charge in [0.2, 0.25) is 6.33 Å². The average Bonchev–Trinajstić information content (AvgIpc) is 2.88. The van der Waals surface area contributed by atoms with Crippen molar-refractivity contribution in [1.82, 2.24) is 14.8 Å². The second-order valence-corrected chi connectivity index (χ2v) is 4.68. The SMILES string of the molecule is O=[N+]([O-])c1ncn(CC2(CS)CCCC2)n1. The van der Waals surface area contributed by atoms with Gasteiger partial charge < -0.3 is 10.1 Å². The molecule has 0 radical (unpaired) electrons. The Labute approximate surface area is 98.6 Å². The van der Waals surface area contributed by atoms with Crippen LogP contribution in [0.2, 0.25) is 0 Å². The van der Waals surface area contributed by atoms with Gasteiger partial charge in [0.15, 0.2) is 0 Å². The first-order valence-electron chi connectivity index (χ1n) is 5.30. The van der Waals surface area contributed by atoms with Gasteiger partial charge in [0, 0.05) is 10.5 Å². The molecule has 0 spiro atoms. The van der Waals surface area contributed by atoms with E-state index in [-0.39, 0.29) is 11.4 Å². The van der Waals surface area contributed by atoms with Crippen molar-refractivity contribution in [2.24, 2.45) is 5.41 Å². The summed E-state index contributed by atoms with van der Waals surface area (Å²) in [7, 11) is 0. The molecule has 16 heavy (non-hydrogen) atoms. The molecule has 1 fully saturated rings. The van der Waals surface area contributed by atoms with Crippen LogP contribution < -0.4 is 0 Å². The molecule has 1 aliphatic carbocycles. The van der Waals surface area contributed by atoms with E-state index in [0.717, 1.165) is 18.6 Å². The lowest BCUT2D eigenvalue weighted by Gasteiger charge is -2.24. The van der Waals surface area contributed by atoms with Crippen LogP contribution in [0, 0.1) is 15.5 Å². The first-order chi connectivity index (χ1) is 7.65. The predicted octanol–water partition coefficient (Wildman–Crippen LogP) is 1.68. The van der Waals surface area contributed by atoms with Crippen LogP contribution in [0.4, 0.5) is 5.95 Å². The molecule has 1 heterocycles. The summed E-state index contributed by atoms with van der Waals surface area (Å²) in [4.78, 5) is 13.5. The van der Waals surface area contributed by atoms with E-state index in [1.165, 1.54) is 19.2 Å². The minimum absolute atomic E-state index is 0.144. The summed E-state index contributed by atoms with van der Waals surface area (Å²) in [6.07, 6.45) is 6.07. The van der Waals surface area contributed by atoms with Gasteiger partial charge in [-0.25, -0.2) is 0 Å². The van der Waals surface area contributed by atoms with E-state index >= 15 is 0 Å². The second kappa shape index (κ2) is 4.40. The van der Waals surface area contributed by atoms with Crippen LogP contribution in [0.25, 0.3) is 0 Å². The third kappa shape index (κ3) is 2.18. The van der Waals surface area contributed by atoms with Gasteiger partial charge in [-0.2, -0.15) is 17.3 Å². The van der Waals surface area contributed by atoms with Crippen LogP contribution in [-0.2, 0) is 6.54 Å². The lowest BCUT2D eigenvalue weighted by Crippen LogP contribution is -2.25. The lowest BCUT2D eigenvalue weighted by atomic mass is 9.89. The Morgan fingerprint density at radius 2 is 2.25 bits per heavy atom. The number of hydrogen-bond acceptors (Lipinski definition) is 5. The van der Waals surface area contributed by atoms with Gasteiger partial charge in [-0.1, -0.05) is 17.8 Å². The van der Waals surface area contributed by atoms with Crippen LogP contribution in [0.15, 0.2) is 6.33 Å². The summed E-state index contributed by atoms with van der Waals surface area (Å²) in [5, 5.41) is 14.3. The highest BCUT2D eigenvalue weighted by Crippen LogP contribution is 2.40. The molecule has 1 saturated carbocycles. The second-order valence-electron chi connectivity index (χ2n) is 4.36. The number of hydrogen-bond donors (Lipinski definition) is 1. The molecule has 0 N–H and O–H groups in total. The van der Waals surface area contributed by atoms with Crippen molar-refractivity contribution in [1.29, 1.82) is 0 Å². The maximum Gasteiger partial charge on any atom is 0.490 e. The molecule has 0 saturated heterocycles. The number of aromatic nitrogens is 3. The molecule has 0 aliphatic heterocycles. The molecule has 2 rings (SSSR count). The van der Waals surface area contributed by atoms with Crippen molar-refractivity contribution >= 4 is 18.6 Å². The molecule has 0 atom stereocenters. The van der Waals surface area contributed by atoms with E-state index in [1.807, 2.05) is 0 Å². The summed E-state index contributed by atoms with van der Waals surface area (Å²) in [6.45, 7) is 0.678. The molecule has 88 valence electrons. The van der Waals surface area contributed by atoms with E-state index in [1.54, 1.807) is 4.68 Å². The van der Waals surface area contributed by atoms with Crippen LogP contribution in [0.5, 0.6) is 0 Å². The summed E-state index contributed by atoms with van der Waals surface area (Å²) < 4.78 is 1.57. The molecule has 1 aromatic heterocycles. The minimum atomic E-state index is -0.571. The molecule has 0 unspecified atom stereocenters. The van der Waals surface area contributed by atoms with Crippen molar-refractivity contribution in [2.75, 3.05) is 5.75 Å². The maximum atomic E-state index is 10.5. The molecule has 1 aliphatic rings. The van der Waals surface area contributed by atoms with Gasteiger partial charge in [-0.3, -0.25) is 0 Å². The molecule has 0 amide bonds. The monoisotopic (exact) mass is 242 g/mol. The van der Waals surface area contributed by atoms with E-state index in [2.05, 4.69) is 22.7 Å². The molecule has 7 heteroatoms. The first-order valence-corrected chi connectivity index (χ1v) is 5.93. The topological polar surface area (TPSA) is 73.8 Å². The Hall–Kier alpha value is -1.11. The Bertz CT molecular complexity index is 387. The van der Waals surface area contributed by atoms with E-state index in [0.29, 0.717) is 6.54 Å². The summed E-state index contributed by atoms with van der Waals surface area (Å²) in [5.41, 5.74) is 0.144. The molecule has 1 aromatic rings. The normalized spacial score (nSPS) is 18.8. The van der Waals surface area contributed by atoms with Gasteiger partial charge in [-0.05, 0) is 23.5 Å². The number of rotatable bonds is 4. The number of nitro groups is 1. The van der Waals surface area contributed by atoms with Crippen molar-refractivity contribution in [3.05, 3.63) is 16.4 Å². The fourth-order valence-corrected chi connectivity index (χ4v) is 2.70. The van der Waals surface area contributed by atoms with E-state index in [9.17, 15) is 10.1 Å². The Morgan fingerprint density at radius 3 is 2.75 bits per heavy atom. The number of thiol groups is 1. The van der Waals surface area contributed by atoms with Crippen LogP contribution >= 0.6 is 12.6 Å². The zero-order valence-corrected chi connectivity index (χ0v) is 9.77. The Balaban J connectivity index is 2.10. The molecule has 0 bridgehead atoms. The van der Waals surface area contributed by atoms with Crippen LogP contribution in [0.1, 0.15) is 25.7 Å². The molecular formula is C9H14N4O2S. The third-order valence-electron chi connectivity index (χ3n) is 3.18. The minimum Gasteiger partial charge on any atom is -0.390 e. The fraction of sp³-hybridized carbons (Fsp3) is 0.778. The first kappa shape index (κ1) is 11.4. The lowest BCUT2D eigenvalue weighted by molar-refractivity contribution is -0.394. The molecular weight excluding hydrogens is 228 g/mol. The highest BCUT2D eigenvalue weighted by atomic mass is 32.1. The van der Waals surface area contributed by atoms with E-state index < -0.39 is 4.92 Å². The van der Waals surface area contributed by atoms with Crippen molar-refractivity contribution in [3.8, 4) is 0 Å². The Kier molecular flexibility index (Phi) is 3.13. The summed E-state index contributed by atoms with van der Waals surface area (Å²) in [6, 6.07) is 0. The van der Waals surface area contributed by atoms with Crippen LogP contribution in [0.3, 0.4) is 0 Å². The fourth-order valence-electron chi connectivity index (χ4n) is 2.28. The summed E-state index contributed by atoms with van der Waals surface area (Å²) >= 11 is 4.38. The smallest absolute Gasteiger partial charge is 0.390 e.